The van der Waals surface area contributed by atoms with Crippen LogP contribution in [0.5, 0.6) is 0 Å². The Morgan fingerprint density at radius 3 is 2.47 bits per heavy atom. The number of hydrogen-bond acceptors (Lipinski definition) is 3. The van der Waals surface area contributed by atoms with E-state index in [9.17, 15) is 4.79 Å². The quantitative estimate of drug-likeness (QED) is 0.520. The topological polar surface area (TPSA) is 52.3 Å². The molecule has 0 aromatic rings. The van der Waals surface area contributed by atoms with Crippen molar-refractivity contribution >= 4 is 5.97 Å². The Labute approximate surface area is 92.7 Å². The maximum Gasteiger partial charge on any atom is 0.333 e. The van der Waals surface area contributed by atoms with Gasteiger partial charge in [-0.2, -0.15) is 0 Å². The van der Waals surface area contributed by atoms with Gasteiger partial charge >= 0.3 is 5.97 Å². The molecule has 0 radical (unpaired) electrons. The lowest BCUT2D eigenvalue weighted by atomic mass is 9.85. The van der Waals surface area contributed by atoms with Crippen LogP contribution in [-0.4, -0.2) is 19.1 Å². The molecule has 0 bridgehead atoms. The molecule has 3 nitrogen and oxygen atoms in total. The second-order valence-electron chi connectivity index (χ2n) is 4.09. The minimum absolute atomic E-state index is 0.222. The summed E-state index contributed by atoms with van der Waals surface area (Å²) >= 11 is 0. The van der Waals surface area contributed by atoms with Crippen LogP contribution in [0, 0.1) is 11.8 Å². The fraction of sp³-hybridized carbons (Fsp3) is 0.750. The van der Waals surface area contributed by atoms with Gasteiger partial charge in [-0.15, -0.1) is 0 Å². The first-order valence-corrected chi connectivity index (χ1v) is 5.60. The summed E-state index contributed by atoms with van der Waals surface area (Å²) in [6, 6.07) is 0. The van der Waals surface area contributed by atoms with Crippen molar-refractivity contribution in [1.82, 2.24) is 0 Å². The molecular weight excluding hydrogens is 190 g/mol. The second-order valence-corrected chi connectivity index (χ2v) is 4.09. The third-order valence-corrected chi connectivity index (χ3v) is 2.47. The summed E-state index contributed by atoms with van der Waals surface area (Å²) in [5.74, 6) is 0.343. The summed E-state index contributed by atoms with van der Waals surface area (Å²) in [5.41, 5.74) is 5.85. The second kappa shape index (κ2) is 7.46. The molecule has 0 spiro atoms. The molecule has 15 heavy (non-hydrogen) atoms. The summed E-state index contributed by atoms with van der Waals surface area (Å²) in [6.07, 6.45) is 2.03. The molecule has 1 atom stereocenters. The summed E-state index contributed by atoms with van der Waals surface area (Å²) in [6.45, 7) is 10.8. The summed E-state index contributed by atoms with van der Waals surface area (Å²) < 4.78 is 4.97. The van der Waals surface area contributed by atoms with Crippen LogP contribution in [0.4, 0.5) is 0 Å². The summed E-state index contributed by atoms with van der Waals surface area (Å²) in [7, 11) is 0. The standard InChI is InChI=1S/C12H23NO2/c1-5-6-11(9(2)3)10(4)12(14)15-8-7-13/h9,11H,4-8,13H2,1-3H3. The van der Waals surface area contributed by atoms with Crippen molar-refractivity contribution in [3.05, 3.63) is 12.2 Å². The van der Waals surface area contributed by atoms with Gasteiger partial charge in [-0.05, 0) is 18.3 Å². The monoisotopic (exact) mass is 213 g/mol. The molecule has 88 valence electrons. The minimum Gasteiger partial charge on any atom is -0.461 e. The van der Waals surface area contributed by atoms with Crippen LogP contribution >= 0.6 is 0 Å². The van der Waals surface area contributed by atoms with Crippen molar-refractivity contribution in [3.63, 3.8) is 0 Å². The number of ether oxygens (including phenoxy) is 1. The largest absolute Gasteiger partial charge is 0.461 e. The van der Waals surface area contributed by atoms with Crippen molar-refractivity contribution in [3.8, 4) is 0 Å². The number of nitrogens with two attached hydrogens (primary N) is 1. The first-order valence-electron chi connectivity index (χ1n) is 5.60. The lowest BCUT2D eigenvalue weighted by Gasteiger charge is -2.21. The van der Waals surface area contributed by atoms with Crippen LogP contribution in [0.15, 0.2) is 12.2 Å². The molecule has 0 amide bonds. The van der Waals surface area contributed by atoms with E-state index in [4.69, 9.17) is 10.5 Å². The van der Waals surface area contributed by atoms with Crippen LogP contribution in [0.2, 0.25) is 0 Å². The van der Waals surface area contributed by atoms with Crippen LogP contribution < -0.4 is 5.73 Å². The van der Waals surface area contributed by atoms with E-state index in [1.165, 1.54) is 0 Å². The Hall–Kier alpha value is -0.830. The molecule has 0 saturated carbocycles. The fourth-order valence-electron chi connectivity index (χ4n) is 1.62. The molecular formula is C12H23NO2. The van der Waals surface area contributed by atoms with Gasteiger partial charge in [0.15, 0.2) is 0 Å². The van der Waals surface area contributed by atoms with Crippen LogP contribution in [0.3, 0.4) is 0 Å². The molecule has 0 aliphatic heterocycles. The molecule has 2 N–H and O–H groups in total. The van der Waals surface area contributed by atoms with Crippen LogP contribution in [0.25, 0.3) is 0 Å². The first-order chi connectivity index (χ1) is 7.04. The van der Waals surface area contributed by atoms with Crippen molar-refractivity contribution in [2.75, 3.05) is 13.2 Å². The smallest absolute Gasteiger partial charge is 0.333 e. The average Bonchev–Trinajstić information content (AvgIpc) is 2.21. The Morgan fingerprint density at radius 2 is 2.07 bits per heavy atom. The number of carbonyl (C=O) groups excluding carboxylic acids is 1. The highest BCUT2D eigenvalue weighted by Gasteiger charge is 2.22. The fourth-order valence-corrected chi connectivity index (χ4v) is 1.62. The number of carbonyl (C=O) groups is 1. The molecule has 0 heterocycles. The predicted molar refractivity (Wildman–Crippen MR) is 62.4 cm³/mol. The summed E-state index contributed by atoms with van der Waals surface area (Å²) in [5, 5.41) is 0. The lowest BCUT2D eigenvalue weighted by Crippen LogP contribution is -2.21. The average molecular weight is 213 g/mol. The molecule has 0 aromatic heterocycles. The van der Waals surface area contributed by atoms with Gasteiger partial charge in [0.1, 0.15) is 6.61 Å². The third kappa shape index (κ3) is 4.98. The van der Waals surface area contributed by atoms with Gasteiger partial charge < -0.3 is 10.5 Å². The van der Waals surface area contributed by atoms with E-state index in [0.717, 1.165) is 12.8 Å². The van der Waals surface area contributed by atoms with E-state index in [0.29, 0.717) is 18.0 Å². The van der Waals surface area contributed by atoms with E-state index in [2.05, 4.69) is 27.4 Å². The molecule has 0 aliphatic rings. The molecule has 0 aliphatic carbocycles. The van der Waals surface area contributed by atoms with Gasteiger partial charge in [-0.1, -0.05) is 33.8 Å². The normalized spacial score (nSPS) is 12.6. The Balaban J connectivity index is 4.29. The number of esters is 1. The van der Waals surface area contributed by atoms with Gasteiger partial charge in [0, 0.05) is 12.1 Å². The van der Waals surface area contributed by atoms with Crippen molar-refractivity contribution < 1.29 is 9.53 Å². The van der Waals surface area contributed by atoms with Gasteiger partial charge in [-0.25, -0.2) is 4.79 Å². The maximum absolute atomic E-state index is 11.5. The number of hydrogen-bond donors (Lipinski definition) is 1. The van der Waals surface area contributed by atoms with E-state index in [1.54, 1.807) is 0 Å². The third-order valence-electron chi connectivity index (χ3n) is 2.47. The predicted octanol–water partition coefficient (Wildman–Crippen LogP) is 2.12. The highest BCUT2D eigenvalue weighted by molar-refractivity contribution is 5.88. The molecule has 0 fully saturated rings. The van der Waals surface area contributed by atoms with E-state index in [-0.39, 0.29) is 18.5 Å². The van der Waals surface area contributed by atoms with Gasteiger partial charge in [0.2, 0.25) is 0 Å². The van der Waals surface area contributed by atoms with E-state index < -0.39 is 0 Å². The Bertz CT molecular complexity index is 212. The van der Waals surface area contributed by atoms with Gasteiger partial charge in [0.05, 0.1) is 0 Å². The Kier molecular flexibility index (Phi) is 7.05. The minimum atomic E-state index is -0.299. The molecule has 3 heteroatoms. The van der Waals surface area contributed by atoms with Crippen LogP contribution in [-0.2, 0) is 9.53 Å². The number of rotatable bonds is 7. The molecule has 0 saturated heterocycles. The molecule has 1 unspecified atom stereocenters. The maximum atomic E-state index is 11.5. The van der Waals surface area contributed by atoms with Crippen molar-refractivity contribution in [2.45, 2.75) is 33.6 Å². The van der Waals surface area contributed by atoms with Gasteiger partial charge in [0.25, 0.3) is 0 Å². The lowest BCUT2D eigenvalue weighted by molar-refractivity contribution is -0.139. The zero-order valence-corrected chi connectivity index (χ0v) is 10.1. The highest BCUT2D eigenvalue weighted by atomic mass is 16.5. The molecule has 0 rings (SSSR count). The van der Waals surface area contributed by atoms with Crippen molar-refractivity contribution in [1.29, 1.82) is 0 Å². The van der Waals surface area contributed by atoms with Crippen LogP contribution in [0.1, 0.15) is 33.6 Å². The van der Waals surface area contributed by atoms with Gasteiger partial charge in [-0.3, -0.25) is 0 Å². The highest BCUT2D eigenvalue weighted by Crippen LogP contribution is 2.25. The zero-order chi connectivity index (χ0) is 11.8. The zero-order valence-electron chi connectivity index (χ0n) is 10.1. The van der Waals surface area contributed by atoms with E-state index >= 15 is 0 Å². The summed E-state index contributed by atoms with van der Waals surface area (Å²) in [4.78, 5) is 11.5. The SMILES string of the molecule is C=C(C(=O)OCCN)C(CCC)C(C)C. The van der Waals surface area contributed by atoms with E-state index in [1.807, 2.05) is 0 Å². The first kappa shape index (κ1) is 14.2. The Morgan fingerprint density at radius 1 is 1.47 bits per heavy atom. The van der Waals surface area contributed by atoms with Crippen molar-refractivity contribution in [2.24, 2.45) is 17.6 Å². The molecule has 0 aromatic carbocycles.